The number of allylic oxidation sites excluding steroid dienone is 8. The van der Waals surface area contributed by atoms with Gasteiger partial charge < -0.3 is 15.2 Å². The van der Waals surface area contributed by atoms with Gasteiger partial charge in [-0.1, -0.05) is 178 Å². The summed E-state index contributed by atoms with van der Waals surface area (Å²) < 4.78 is 6.02. The number of amides is 1. The highest BCUT2D eigenvalue weighted by atomic mass is 16.5. The Balaban J connectivity index is 4.06. The zero-order chi connectivity index (χ0) is 40.8. The zero-order valence-electron chi connectivity index (χ0n) is 36.7. The molecule has 0 aromatic carbocycles. The first-order valence-electron chi connectivity index (χ1n) is 23.8. The van der Waals surface area contributed by atoms with Gasteiger partial charge in [0.15, 0.2) is 0 Å². The molecule has 0 radical (unpaired) electrons. The fourth-order valence-electron chi connectivity index (χ4n) is 6.93. The summed E-state index contributed by atoms with van der Waals surface area (Å²) in [6, 6.07) is 0. The number of hydrogen-bond donors (Lipinski definition) is 2. The maximum atomic E-state index is 12.8. The molecule has 1 unspecified atom stereocenters. The van der Waals surface area contributed by atoms with Crippen molar-refractivity contribution in [3.05, 3.63) is 48.6 Å². The van der Waals surface area contributed by atoms with Crippen molar-refractivity contribution in [2.45, 2.75) is 245 Å². The average molecular weight is 784 g/mol. The molecular formula is C50H89NO5. The quantitative estimate of drug-likeness (QED) is 0.0365. The zero-order valence-corrected chi connectivity index (χ0v) is 36.7. The predicted octanol–water partition coefficient (Wildman–Crippen LogP) is 15.0. The summed E-state index contributed by atoms with van der Waals surface area (Å²) in [5.74, 6) is -1.26. The van der Waals surface area contributed by atoms with E-state index in [2.05, 4.69) is 67.8 Å². The van der Waals surface area contributed by atoms with Crippen LogP contribution in [0.2, 0.25) is 0 Å². The highest BCUT2D eigenvalue weighted by Gasteiger charge is 2.14. The van der Waals surface area contributed by atoms with E-state index in [4.69, 9.17) is 9.84 Å². The monoisotopic (exact) mass is 784 g/mol. The Kier molecular flexibility index (Phi) is 43.0. The third kappa shape index (κ3) is 44.1. The molecule has 0 heterocycles. The Morgan fingerprint density at radius 2 is 0.839 bits per heavy atom. The van der Waals surface area contributed by atoms with E-state index < -0.39 is 5.97 Å². The largest absolute Gasteiger partial charge is 0.480 e. The van der Waals surface area contributed by atoms with Gasteiger partial charge >= 0.3 is 11.9 Å². The van der Waals surface area contributed by atoms with E-state index in [-0.39, 0.29) is 24.5 Å². The second-order valence-electron chi connectivity index (χ2n) is 16.0. The molecule has 0 aliphatic rings. The molecule has 2 N–H and O–H groups in total. The van der Waals surface area contributed by atoms with Crippen molar-refractivity contribution in [1.29, 1.82) is 0 Å². The highest BCUT2D eigenvalue weighted by molar-refractivity contribution is 5.80. The number of carboxylic acids is 1. The van der Waals surface area contributed by atoms with Gasteiger partial charge in [0, 0.05) is 12.8 Å². The summed E-state index contributed by atoms with van der Waals surface area (Å²) in [7, 11) is 0. The van der Waals surface area contributed by atoms with Gasteiger partial charge in [-0.3, -0.25) is 14.4 Å². The summed E-state index contributed by atoms with van der Waals surface area (Å²) in [5.41, 5.74) is 0. The van der Waals surface area contributed by atoms with E-state index in [9.17, 15) is 14.4 Å². The summed E-state index contributed by atoms with van der Waals surface area (Å²) in [5, 5.41) is 11.1. The molecule has 56 heavy (non-hydrogen) atoms. The van der Waals surface area contributed by atoms with Crippen LogP contribution in [-0.4, -0.2) is 35.6 Å². The molecule has 1 amide bonds. The standard InChI is InChI=1S/C50H89NO5/c1-3-5-7-9-11-13-15-16-17-18-19-20-21-22-23-24-25-26-28-30-32-37-41-45-50(55)56-47(42-38-34-31-29-27-14-12-10-8-6-4-2)43-39-35-33-36-40-44-48(52)51-46-49(53)54/h12,14-16,18-19,29,31,47H,3-11,13,17,20-28,30,32-46H2,1-2H3,(H,51,52)(H,53,54)/b14-12-,16-15-,19-18-,31-29-. The highest BCUT2D eigenvalue weighted by Crippen LogP contribution is 2.18. The average Bonchev–Trinajstić information content (AvgIpc) is 3.18. The molecule has 324 valence electrons. The lowest BCUT2D eigenvalue weighted by Gasteiger charge is -2.18. The third-order valence-corrected chi connectivity index (χ3v) is 10.5. The van der Waals surface area contributed by atoms with Crippen molar-refractivity contribution < 1.29 is 24.2 Å². The number of nitrogens with one attached hydrogen (secondary N) is 1. The Morgan fingerprint density at radius 1 is 0.464 bits per heavy atom. The normalized spacial score (nSPS) is 12.5. The van der Waals surface area contributed by atoms with E-state index in [0.717, 1.165) is 83.5 Å². The van der Waals surface area contributed by atoms with Crippen LogP contribution >= 0.6 is 0 Å². The van der Waals surface area contributed by atoms with Crippen molar-refractivity contribution >= 4 is 17.8 Å². The van der Waals surface area contributed by atoms with Crippen molar-refractivity contribution in [2.75, 3.05) is 6.54 Å². The van der Waals surface area contributed by atoms with Gasteiger partial charge in [0.1, 0.15) is 12.6 Å². The lowest BCUT2D eigenvalue weighted by Crippen LogP contribution is -2.28. The minimum Gasteiger partial charge on any atom is -0.480 e. The van der Waals surface area contributed by atoms with Gasteiger partial charge in [-0.05, 0) is 96.3 Å². The molecule has 0 saturated carbocycles. The number of rotatable bonds is 43. The molecule has 1 atom stereocenters. The topological polar surface area (TPSA) is 92.7 Å². The molecular weight excluding hydrogens is 695 g/mol. The number of ether oxygens (including phenoxy) is 1. The van der Waals surface area contributed by atoms with Crippen molar-refractivity contribution in [1.82, 2.24) is 5.32 Å². The van der Waals surface area contributed by atoms with Crippen LogP contribution < -0.4 is 5.32 Å². The number of carboxylic acid groups (broad SMARTS) is 1. The van der Waals surface area contributed by atoms with E-state index >= 15 is 0 Å². The van der Waals surface area contributed by atoms with Crippen molar-refractivity contribution in [3.63, 3.8) is 0 Å². The van der Waals surface area contributed by atoms with Crippen LogP contribution in [0, 0.1) is 0 Å². The first kappa shape index (κ1) is 53.4. The number of aliphatic carboxylic acids is 1. The molecule has 0 rings (SSSR count). The molecule has 6 heteroatoms. The van der Waals surface area contributed by atoms with Gasteiger partial charge in [0.2, 0.25) is 5.91 Å². The van der Waals surface area contributed by atoms with E-state index in [1.807, 2.05) is 0 Å². The van der Waals surface area contributed by atoms with Gasteiger partial charge in [-0.25, -0.2) is 0 Å². The number of unbranched alkanes of at least 4 members (excludes halogenated alkanes) is 24. The second-order valence-corrected chi connectivity index (χ2v) is 16.0. The number of hydrogen-bond acceptors (Lipinski definition) is 4. The lowest BCUT2D eigenvalue weighted by atomic mass is 10.0. The number of carbonyl (C=O) groups excluding carboxylic acids is 2. The Bertz CT molecular complexity index is 999. The fourth-order valence-corrected chi connectivity index (χ4v) is 6.93. The molecule has 0 aromatic rings. The third-order valence-electron chi connectivity index (χ3n) is 10.5. The molecule has 0 bridgehead atoms. The maximum Gasteiger partial charge on any atom is 0.322 e. The van der Waals surface area contributed by atoms with Crippen LogP contribution in [0.15, 0.2) is 48.6 Å². The Hall–Kier alpha value is -2.63. The smallest absolute Gasteiger partial charge is 0.322 e. The molecule has 0 spiro atoms. The van der Waals surface area contributed by atoms with E-state index in [1.165, 1.54) is 128 Å². The minimum absolute atomic E-state index is 0.0189. The van der Waals surface area contributed by atoms with Crippen LogP contribution in [0.1, 0.15) is 239 Å². The molecule has 0 aliphatic heterocycles. The van der Waals surface area contributed by atoms with E-state index in [1.54, 1.807) is 0 Å². The van der Waals surface area contributed by atoms with Crippen molar-refractivity contribution in [3.8, 4) is 0 Å². The Labute approximate surface area is 346 Å². The van der Waals surface area contributed by atoms with Gasteiger partial charge in [-0.15, -0.1) is 0 Å². The lowest BCUT2D eigenvalue weighted by molar-refractivity contribution is -0.150. The van der Waals surface area contributed by atoms with E-state index in [0.29, 0.717) is 12.8 Å². The summed E-state index contributed by atoms with van der Waals surface area (Å²) in [4.78, 5) is 35.1. The van der Waals surface area contributed by atoms with Crippen LogP contribution in [0.4, 0.5) is 0 Å². The fraction of sp³-hybridized carbons (Fsp3) is 0.780. The first-order chi connectivity index (χ1) is 27.5. The van der Waals surface area contributed by atoms with Crippen molar-refractivity contribution in [2.24, 2.45) is 0 Å². The molecule has 0 fully saturated rings. The van der Waals surface area contributed by atoms with Crippen LogP contribution in [-0.2, 0) is 19.1 Å². The molecule has 6 nitrogen and oxygen atoms in total. The van der Waals surface area contributed by atoms with Crippen LogP contribution in [0.25, 0.3) is 0 Å². The molecule has 0 aromatic heterocycles. The molecule has 0 aliphatic carbocycles. The summed E-state index contributed by atoms with van der Waals surface area (Å²) >= 11 is 0. The van der Waals surface area contributed by atoms with Gasteiger partial charge in [-0.2, -0.15) is 0 Å². The summed E-state index contributed by atoms with van der Waals surface area (Å²) in [6.45, 7) is 4.19. The number of carbonyl (C=O) groups is 3. The van der Waals surface area contributed by atoms with Gasteiger partial charge in [0.05, 0.1) is 0 Å². The minimum atomic E-state index is -1.02. The van der Waals surface area contributed by atoms with Crippen LogP contribution in [0.5, 0.6) is 0 Å². The molecule has 0 saturated heterocycles. The summed E-state index contributed by atoms with van der Waals surface area (Å²) in [6.07, 6.45) is 58.2. The second kappa shape index (κ2) is 45.1. The maximum absolute atomic E-state index is 12.8. The SMILES string of the molecule is CCCCC/C=C\C/C=C\CCCC(CCCCCCCC(=O)NCC(=O)O)OC(=O)CCCCCCCCCCCCC/C=C\C/C=C\CCCCCCC. The Morgan fingerprint density at radius 3 is 1.34 bits per heavy atom. The first-order valence-corrected chi connectivity index (χ1v) is 23.8. The number of esters is 1. The predicted molar refractivity (Wildman–Crippen MR) is 240 cm³/mol. The van der Waals surface area contributed by atoms with Gasteiger partial charge in [0.25, 0.3) is 0 Å². The van der Waals surface area contributed by atoms with Crippen LogP contribution in [0.3, 0.4) is 0 Å².